The third-order valence-electron chi connectivity index (χ3n) is 3.46. The smallest absolute Gasteiger partial charge is 0.155 e. The molecule has 2 aromatic heterocycles. The first-order valence-corrected chi connectivity index (χ1v) is 6.58. The summed E-state index contributed by atoms with van der Waals surface area (Å²) in [5.74, 6) is 1.07. The van der Waals surface area contributed by atoms with E-state index in [0.717, 1.165) is 24.4 Å². The Hall–Kier alpha value is -1.62. The first kappa shape index (κ1) is 11.5. The van der Waals surface area contributed by atoms with Gasteiger partial charge in [0.25, 0.3) is 0 Å². The van der Waals surface area contributed by atoms with Crippen molar-refractivity contribution in [3.05, 3.63) is 24.2 Å². The van der Waals surface area contributed by atoms with E-state index in [-0.39, 0.29) is 5.75 Å². The van der Waals surface area contributed by atoms with Gasteiger partial charge in [-0.05, 0) is 38.1 Å². The maximum atomic E-state index is 9.38. The third kappa shape index (κ3) is 2.46. The Kier molecular flexibility index (Phi) is 3.15. The maximum absolute atomic E-state index is 9.38. The molecule has 0 atom stereocenters. The molecule has 0 radical (unpaired) electrons. The van der Waals surface area contributed by atoms with Gasteiger partial charge in [-0.2, -0.15) is 5.10 Å². The largest absolute Gasteiger partial charge is 0.506 e. The summed E-state index contributed by atoms with van der Waals surface area (Å²) in [5, 5.41) is 13.8. The zero-order valence-electron chi connectivity index (χ0n) is 10.4. The van der Waals surface area contributed by atoms with Crippen LogP contribution in [-0.4, -0.2) is 44.2 Å². The number of rotatable bonds is 3. The lowest BCUT2D eigenvalue weighted by Crippen LogP contribution is -2.31. The molecule has 1 aliphatic heterocycles. The van der Waals surface area contributed by atoms with Crippen LogP contribution in [-0.2, 0) is 6.42 Å². The second kappa shape index (κ2) is 4.94. The van der Waals surface area contributed by atoms with Crippen LogP contribution in [0.4, 0.5) is 0 Å². The fourth-order valence-corrected chi connectivity index (χ4v) is 2.47. The Bertz CT molecular complexity index is 531. The van der Waals surface area contributed by atoms with Crippen LogP contribution in [0.3, 0.4) is 0 Å². The summed E-state index contributed by atoms with van der Waals surface area (Å²) in [6, 6.07) is 3.42. The van der Waals surface area contributed by atoms with Crippen LogP contribution in [0.15, 0.2) is 18.3 Å². The Morgan fingerprint density at radius 1 is 1.17 bits per heavy atom. The summed E-state index contributed by atoms with van der Waals surface area (Å²) in [4.78, 5) is 6.93. The van der Waals surface area contributed by atoms with Crippen LogP contribution >= 0.6 is 0 Å². The van der Waals surface area contributed by atoms with Gasteiger partial charge in [-0.1, -0.05) is 6.42 Å². The monoisotopic (exact) mass is 246 g/mol. The lowest BCUT2D eigenvalue weighted by atomic mass is 10.1. The van der Waals surface area contributed by atoms with Gasteiger partial charge in [0.2, 0.25) is 0 Å². The SMILES string of the molecule is Oc1ccc2nc(CCN3CCCCC3)nn2c1. The van der Waals surface area contributed by atoms with Crippen molar-refractivity contribution >= 4 is 5.65 Å². The normalized spacial score (nSPS) is 17.3. The van der Waals surface area contributed by atoms with Crippen LogP contribution in [0.5, 0.6) is 5.75 Å². The molecule has 1 N–H and O–H groups in total. The zero-order valence-corrected chi connectivity index (χ0v) is 10.4. The minimum absolute atomic E-state index is 0.218. The fraction of sp³-hybridized carbons (Fsp3) is 0.538. The molecule has 1 saturated heterocycles. The van der Waals surface area contributed by atoms with Crippen molar-refractivity contribution in [3.63, 3.8) is 0 Å². The quantitative estimate of drug-likeness (QED) is 0.891. The second-order valence-electron chi connectivity index (χ2n) is 4.87. The Balaban J connectivity index is 1.67. The summed E-state index contributed by atoms with van der Waals surface area (Å²) in [5.41, 5.74) is 0.793. The topological polar surface area (TPSA) is 53.7 Å². The number of likely N-dealkylation sites (tertiary alicyclic amines) is 1. The molecule has 0 aliphatic carbocycles. The molecule has 2 aromatic rings. The number of hydrogen-bond donors (Lipinski definition) is 1. The molecule has 3 rings (SSSR count). The predicted octanol–water partition coefficient (Wildman–Crippen LogP) is 1.46. The highest BCUT2D eigenvalue weighted by molar-refractivity contribution is 5.40. The van der Waals surface area contributed by atoms with Gasteiger partial charge in [-0.3, -0.25) is 0 Å². The molecule has 1 fully saturated rings. The first-order valence-electron chi connectivity index (χ1n) is 6.58. The van der Waals surface area contributed by atoms with Crippen LogP contribution in [0.2, 0.25) is 0 Å². The lowest BCUT2D eigenvalue weighted by Gasteiger charge is -2.25. The summed E-state index contributed by atoms with van der Waals surface area (Å²) in [6.07, 6.45) is 6.45. The number of aromatic hydroxyl groups is 1. The number of nitrogens with zero attached hydrogens (tertiary/aromatic N) is 4. The number of fused-ring (bicyclic) bond motifs is 1. The van der Waals surface area contributed by atoms with E-state index >= 15 is 0 Å². The maximum Gasteiger partial charge on any atom is 0.155 e. The average molecular weight is 246 g/mol. The Labute approximate surface area is 106 Å². The Morgan fingerprint density at radius 3 is 2.83 bits per heavy atom. The fourth-order valence-electron chi connectivity index (χ4n) is 2.47. The van der Waals surface area contributed by atoms with Crippen LogP contribution in [0.25, 0.3) is 5.65 Å². The van der Waals surface area contributed by atoms with Gasteiger partial charge in [0.05, 0.1) is 6.20 Å². The van der Waals surface area contributed by atoms with Crippen molar-refractivity contribution in [2.24, 2.45) is 0 Å². The van der Waals surface area contributed by atoms with Crippen LogP contribution in [0.1, 0.15) is 25.1 Å². The second-order valence-corrected chi connectivity index (χ2v) is 4.87. The van der Waals surface area contributed by atoms with Gasteiger partial charge in [0.15, 0.2) is 11.5 Å². The molecular formula is C13H18N4O. The summed E-state index contributed by atoms with van der Waals surface area (Å²) in [7, 11) is 0. The number of hydrogen-bond acceptors (Lipinski definition) is 4. The van der Waals surface area contributed by atoms with E-state index in [2.05, 4.69) is 15.0 Å². The number of pyridine rings is 1. The first-order chi connectivity index (χ1) is 8.81. The van der Waals surface area contributed by atoms with Gasteiger partial charge in [0, 0.05) is 13.0 Å². The molecule has 3 heterocycles. The standard InChI is InChI=1S/C13H18N4O/c18-11-4-5-13-14-12(15-17(13)10-11)6-9-16-7-2-1-3-8-16/h4-5,10,18H,1-3,6-9H2. The van der Waals surface area contributed by atoms with Gasteiger partial charge < -0.3 is 10.0 Å². The van der Waals surface area contributed by atoms with E-state index in [1.165, 1.54) is 32.4 Å². The molecule has 5 heteroatoms. The third-order valence-corrected chi connectivity index (χ3v) is 3.46. The summed E-state index contributed by atoms with van der Waals surface area (Å²) in [6.45, 7) is 3.44. The highest BCUT2D eigenvalue weighted by Crippen LogP contribution is 2.11. The van der Waals surface area contributed by atoms with Gasteiger partial charge >= 0.3 is 0 Å². The van der Waals surface area contributed by atoms with Crippen molar-refractivity contribution in [2.75, 3.05) is 19.6 Å². The summed E-state index contributed by atoms with van der Waals surface area (Å²) >= 11 is 0. The molecule has 0 aromatic carbocycles. The van der Waals surface area contributed by atoms with Gasteiger partial charge in [-0.25, -0.2) is 9.50 Å². The number of aromatic nitrogens is 3. The molecule has 0 amide bonds. The van der Waals surface area contributed by atoms with Crippen molar-refractivity contribution in [2.45, 2.75) is 25.7 Å². The van der Waals surface area contributed by atoms with Gasteiger partial charge in [0.1, 0.15) is 5.75 Å². The minimum atomic E-state index is 0.218. The molecule has 1 aliphatic rings. The van der Waals surface area contributed by atoms with E-state index in [4.69, 9.17) is 0 Å². The zero-order chi connectivity index (χ0) is 12.4. The lowest BCUT2D eigenvalue weighted by molar-refractivity contribution is 0.230. The van der Waals surface area contributed by atoms with Crippen molar-refractivity contribution in [1.29, 1.82) is 0 Å². The van der Waals surface area contributed by atoms with E-state index in [0.29, 0.717) is 0 Å². The van der Waals surface area contributed by atoms with Crippen molar-refractivity contribution < 1.29 is 5.11 Å². The predicted molar refractivity (Wildman–Crippen MR) is 68.6 cm³/mol. The summed E-state index contributed by atoms with van der Waals surface area (Å²) < 4.78 is 1.64. The highest BCUT2D eigenvalue weighted by Gasteiger charge is 2.11. The molecule has 0 spiro atoms. The highest BCUT2D eigenvalue weighted by atomic mass is 16.3. The molecular weight excluding hydrogens is 228 g/mol. The van der Waals surface area contributed by atoms with Crippen LogP contribution < -0.4 is 0 Å². The molecule has 96 valence electrons. The molecule has 18 heavy (non-hydrogen) atoms. The van der Waals surface area contributed by atoms with E-state index in [9.17, 15) is 5.11 Å². The van der Waals surface area contributed by atoms with Crippen molar-refractivity contribution in [3.8, 4) is 5.75 Å². The minimum Gasteiger partial charge on any atom is -0.506 e. The van der Waals surface area contributed by atoms with Crippen LogP contribution in [0, 0.1) is 0 Å². The van der Waals surface area contributed by atoms with E-state index in [1.807, 2.05) is 0 Å². The molecule has 0 saturated carbocycles. The molecule has 0 bridgehead atoms. The number of piperidine rings is 1. The average Bonchev–Trinajstić information content (AvgIpc) is 2.79. The molecule has 0 unspecified atom stereocenters. The van der Waals surface area contributed by atoms with Gasteiger partial charge in [-0.15, -0.1) is 0 Å². The molecule has 5 nitrogen and oxygen atoms in total. The van der Waals surface area contributed by atoms with Crippen molar-refractivity contribution in [1.82, 2.24) is 19.5 Å². The van der Waals surface area contributed by atoms with E-state index < -0.39 is 0 Å². The van der Waals surface area contributed by atoms with E-state index in [1.54, 1.807) is 22.8 Å². The Morgan fingerprint density at radius 2 is 2.00 bits per heavy atom.